The molecule has 2 rings (SSSR count). The van der Waals surface area contributed by atoms with Crippen molar-refractivity contribution in [1.82, 2.24) is 4.98 Å². The molecule has 0 atom stereocenters. The van der Waals surface area contributed by atoms with Gasteiger partial charge in [-0.2, -0.15) is 0 Å². The van der Waals surface area contributed by atoms with Crippen LogP contribution in [0, 0.1) is 0 Å². The van der Waals surface area contributed by atoms with Crippen molar-refractivity contribution < 1.29 is 9.63 Å². The maximum absolute atomic E-state index is 12.0. The SMILES string of the molecule is CO/N=C(\CCC(=O)Nc1ccncc1)c1ccc(Cl)c(Cl)c1. The number of carbonyl (C=O) groups is 1. The first-order valence-electron chi connectivity index (χ1n) is 6.85. The second kappa shape index (κ2) is 8.50. The number of aromatic nitrogens is 1. The summed E-state index contributed by atoms with van der Waals surface area (Å²) in [4.78, 5) is 20.7. The molecule has 1 amide bonds. The second-order valence-electron chi connectivity index (χ2n) is 4.63. The number of benzene rings is 1. The molecule has 5 nitrogen and oxygen atoms in total. The lowest BCUT2D eigenvalue weighted by atomic mass is 10.1. The number of nitrogens with one attached hydrogen (secondary N) is 1. The van der Waals surface area contributed by atoms with Crippen molar-refractivity contribution in [3.8, 4) is 0 Å². The molecule has 0 unspecified atom stereocenters. The van der Waals surface area contributed by atoms with Gasteiger partial charge >= 0.3 is 0 Å². The Labute approximate surface area is 144 Å². The first-order valence-corrected chi connectivity index (χ1v) is 7.61. The zero-order valence-electron chi connectivity index (χ0n) is 12.4. The van der Waals surface area contributed by atoms with Crippen molar-refractivity contribution in [2.45, 2.75) is 12.8 Å². The van der Waals surface area contributed by atoms with E-state index in [2.05, 4.69) is 15.5 Å². The summed E-state index contributed by atoms with van der Waals surface area (Å²) in [5.41, 5.74) is 2.08. The molecule has 0 aliphatic heterocycles. The smallest absolute Gasteiger partial charge is 0.224 e. The van der Waals surface area contributed by atoms with Crippen molar-refractivity contribution in [2.24, 2.45) is 5.16 Å². The lowest BCUT2D eigenvalue weighted by Gasteiger charge is -2.08. The number of pyridine rings is 1. The largest absolute Gasteiger partial charge is 0.399 e. The second-order valence-corrected chi connectivity index (χ2v) is 5.45. The summed E-state index contributed by atoms with van der Waals surface area (Å²) in [7, 11) is 1.45. The Hall–Kier alpha value is -2.11. The van der Waals surface area contributed by atoms with Gasteiger partial charge in [-0.3, -0.25) is 9.78 Å². The van der Waals surface area contributed by atoms with E-state index in [0.717, 1.165) is 5.56 Å². The topological polar surface area (TPSA) is 63.6 Å². The number of carbonyl (C=O) groups excluding carboxylic acids is 1. The van der Waals surface area contributed by atoms with Crippen LogP contribution in [0.1, 0.15) is 18.4 Å². The lowest BCUT2D eigenvalue weighted by molar-refractivity contribution is -0.116. The molecule has 1 heterocycles. The lowest BCUT2D eigenvalue weighted by Crippen LogP contribution is -2.14. The van der Waals surface area contributed by atoms with Crippen LogP contribution in [-0.2, 0) is 9.63 Å². The van der Waals surface area contributed by atoms with Crippen molar-refractivity contribution in [2.75, 3.05) is 12.4 Å². The van der Waals surface area contributed by atoms with E-state index >= 15 is 0 Å². The molecule has 0 aliphatic carbocycles. The third-order valence-corrected chi connectivity index (χ3v) is 3.75. The Morgan fingerprint density at radius 2 is 1.91 bits per heavy atom. The molecular weight excluding hydrogens is 337 g/mol. The third-order valence-electron chi connectivity index (χ3n) is 3.01. The number of hydrogen-bond acceptors (Lipinski definition) is 4. The molecule has 0 bridgehead atoms. The quantitative estimate of drug-likeness (QED) is 0.627. The van der Waals surface area contributed by atoms with E-state index in [-0.39, 0.29) is 12.3 Å². The molecule has 0 radical (unpaired) electrons. The molecule has 1 aromatic carbocycles. The number of rotatable bonds is 6. The summed E-state index contributed by atoms with van der Waals surface area (Å²) < 4.78 is 0. The predicted octanol–water partition coefficient (Wildman–Crippen LogP) is 4.16. The van der Waals surface area contributed by atoms with Gasteiger partial charge < -0.3 is 10.2 Å². The van der Waals surface area contributed by atoms with Crippen LogP contribution in [0.2, 0.25) is 10.0 Å². The number of hydrogen-bond donors (Lipinski definition) is 1. The number of anilines is 1. The number of nitrogens with zero attached hydrogens (tertiary/aromatic N) is 2. The Morgan fingerprint density at radius 3 is 2.57 bits per heavy atom. The summed E-state index contributed by atoms with van der Waals surface area (Å²) >= 11 is 11.9. The van der Waals surface area contributed by atoms with Gasteiger partial charge in [0.2, 0.25) is 5.91 Å². The fourth-order valence-corrected chi connectivity index (χ4v) is 2.22. The molecule has 0 aliphatic rings. The molecule has 0 saturated heterocycles. The van der Waals surface area contributed by atoms with Gasteiger partial charge in [0.25, 0.3) is 0 Å². The van der Waals surface area contributed by atoms with Crippen molar-refractivity contribution >= 4 is 40.5 Å². The van der Waals surface area contributed by atoms with Crippen LogP contribution < -0.4 is 5.32 Å². The van der Waals surface area contributed by atoms with E-state index in [9.17, 15) is 4.79 Å². The minimum atomic E-state index is -0.125. The molecular formula is C16H15Cl2N3O2. The number of oxime groups is 1. The fourth-order valence-electron chi connectivity index (χ4n) is 1.92. The minimum Gasteiger partial charge on any atom is -0.399 e. The molecule has 0 saturated carbocycles. The highest BCUT2D eigenvalue weighted by Crippen LogP contribution is 2.23. The molecule has 1 aromatic heterocycles. The molecule has 0 fully saturated rings. The monoisotopic (exact) mass is 351 g/mol. The van der Waals surface area contributed by atoms with Crippen LogP contribution in [0.25, 0.3) is 0 Å². The Morgan fingerprint density at radius 1 is 1.17 bits per heavy atom. The first kappa shape index (κ1) is 17.2. The zero-order valence-corrected chi connectivity index (χ0v) is 13.9. The molecule has 120 valence electrons. The molecule has 2 aromatic rings. The van der Waals surface area contributed by atoms with Crippen LogP contribution >= 0.6 is 23.2 Å². The normalized spacial score (nSPS) is 11.2. The minimum absolute atomic E-state index is 0.125. The fraction of sp³-hybridized carbons (Fsp3) is 0.188. The number of halogens is 2. The van der Waals surface area contributed by atoms with Gasteiger partial charge in [0.1, 0.15) is 7.11 Å². The van der Waals surface area contributed by atoms with Gasteiger partial charge in [-0.05, 0) is 24.3 Å². The van der Waals surface area contributed by atoms with Gasteiger partial charge in [0.05, 0.1) is 15.8 Å². The van der Waals surface area contributed by atoms with E-state index < -0.39 is 0 Å². The Kier molecular flexibility index (Phi) is 6.38. The highest BCUT2D eigenvalue weighted by Gasteiger charge is 2.11. The highest BCUT2D eigenvalue weighted by atomic mass is 35.5. The van der Waals surface area contributed by atoms with E-state index in [1.54, 1.807) is 42.7 Å². The maximum Gasteiger partial charge on any atom is 0.224 e. The van der Waals surface area contributed by atoms with Crippen molar-refractivity contribution in [1.29, 1.82) is 0 Å². The Balaban J connectivity index is 2.01. The van der Waals surface area contributed by atoms with Gasteiger partial charge in [0, 0.05) is 36.5 Å². The number of amides is 1. The van der Waals surface area contributed by atoms with Crippen molar-refractivity contribution in [3.63, 3.8) is 0 Å². The highest BCUT2D eigenvalue weighted by molar-refractivity contribution is 6.42. The van der Waals surface area contributed by atoms with Crippen LogP contribution in [0.3, 0.4) is 0 Å². The summed E-state index contributed by atoms with van der Waals surface area (Å²) in [6.07, 6.45) is 3.89. The molecule has 23 heavy (non-hydrogen) atoms. The van der Waals surface area contributed by atoms with E-state index in [0.29, 0.717) is 27.9 Å². The molecule has 1 N–H and O–H groups in total. The standard InChI is InChI=1S/C16H15Cl2N3O2/c1-23-21-15(11-2-3-13(17)14(18)10-11)4-5-16(22)20-12-6-8-19-9-7-12/h2-3,6-10H,4-5H2,1H3,(H,19,20,22)/b21-15+. The van der Waals surface area contributed by atoms with E-state index in [1.165, 1.54) is 7.11 Å². The van der Waals surface area contributed by atoms with Gasteiger partial charge in [0.15, 0.2) is 0 Å². The van der Waals surface area contributed by atoms with Crippen LogP contribution in [0.4, 0.5) is 5.69 Å². The van der Waals surface area contributed by atoms with Crippen LogP contribution in [0.15, 0.2) is 47.9 Å². The zero-order chi connectivity index (χ0) is 16.7. The van der Waals surface area contributed by atoms with Crippen LogP contribution in [0.5, 0.6) is 0 Å². The molecule has 7 heteroatoms. The summed E-state index contributed by atoms with van der Waals surface area (Å²) in [5.74, 6) is -0.125. The average Bonchev–Trinajstić information content (AvgIpc) is 2.55. The van der Waals surface area contributed by atoms with Gasteiger partial charge in [-0.1, -0.05) is 34.4 Å². The summed E-state index contributed by atoms with van der Waals surface area (Å²) in [6.45, 7) is 0. The predicted molar refractivity (Wildman–Crippen MR) is 92.1 cm³/mol. The summed E-state index contributed by atoms with van der Waals surface area (Å²) in [5, 5.41) is 7.64. The third kappa shape index (κ3) is 5.23. The first-order chi connectivity index (χ1) is 11.1. The maximum atomic E-state index is 12.0. The van der Waals surface area contributed by atoms with E-state index in [1.807, 2.05) is 0 Å². The van der Waals surface area contributed by atoms with Gasteiger partial charge in [-0.25, -0.2) is 0 Å². The summed E-state index contributed by atoms with van der Waals surface area (Å²) in [6, 6.07) is 8.61. The molecule has 0 spiro atoms. The van der Waals surface area contributed by atoms with Crippen molar-refractivity contribution in [3.05, 3.63) is 58.3 Å². The van der Waals surface area contributed by atoms with E-state index in [4.69, 9.17) is 28.0 Å². The Bertz CT molecular complexity index is 706. The van der Waals surface area contributed by atoms with Gasteiger partial charge in [-0.15, -0.1) is 0 Å². The van der Waals surface area contributed by atoms with Crippen LogP contribution in [-0.4, -0.2) is 23.7 Å². The average molecular weight is 352 g/mol.